The van der Waals surface area contributed by atoms with Crippen LogP contribution in [0.1, 0.15) is 43.0 Å². The Morgan fingerprint density at radius 3 is 2.78 bits per heavy atom. The lowest BCUT2D eigenvalue weighted by molar-refractivity contribution is 0.0930. The summed E-state index contributed by atoms with van der Waals surface area (Å²) in [6.45, 7) is 2.76. The second-order valence-electron chi connectivity index (χ2n) is 5.44. The van der Waals surface area contributed by atoms with Gasteiger partial charge >= 0.3 is 0 Å². The van der Waals surface area contributed by atoms with Crippen molar-refractivity contribution in [3.05, 3.63) is 29.6 Å². The van der Waals surface area contributed by atoms with Crippen LogP contribution in [0.25, 0.3) is 0 Å². The topological polar surface area (TPSA) is 55.1 Å². The summed E-state index contributed by atoms with van der Waals surface area (Å²) in [4.78, 5) is 11.9. The van der Waals surface area contributed by atoms with Crippen molar-refractivity contribution < 1.29 is 9.18 Å². The van der Waals surface area contributed by atoms with E-state index in [-0.39, 0.29) is 16.9 Å². The highest BCUT2D eigenvalue weighted by atomic mass is 19.1. The van der Waals surface area contributed by atoms with Crippen LogP contribution in [0.5, 0.6) is 0 Å². The Morgan fingerprint density at radius 1 is 1.44 bits per heavy atom. The summed E-state index contributed by atoms with van der Waals surface area (Å²) >= 11 is 0. The SMILES string of the molecule is CC1(CNC(=O)c2cc(N)ccc2F)CCCC1. The first-order valence-corrected chi connectivity index (χ1v) is 6.33. The number of anilines is 1. The van der Waals surface area contributed by atoms with Gasteiger partial charge in [0.2, 0.25) is 0 Å². The smallest absolute Gasteiger partial charge is 0.254 e. The molecular formula is C14H19FN2O. The van der Waals surface area contributed by atoms with E-state index in [4.69, 9.17) is 5.73 Å². The van der Waals surface area contributed by atoms with Crippen molar-refractivity contribution in [2.45, 2.75) is 32.6 Å². The number of carbonyl (C=O) groups excluding carboxylic acids is 1. The van der Waals surface area contributed by atoms with E-state index in [0.717, 1.165) is 12.8 Å². The fraction of sp³-hybridized carbons (Fsp3) is 0.500. The zero-order valence-corrected chi connectivity index (χ0v) is 10.6. The number of hydrogen-bond donors (Lipinski definition) is 2. The molecule has 98 valence electrons. The van der Waals surface area contributed by atoms with Crippen LogP contribution in [0.3, 0.4) is 0 Å². The third-order valence-corrected chi connectivity index (χ3v) is 3.72. The molecule has 0 unspecified atom stereocenters. The average Bonchev–Trinajstić information content (AvgIpc) is 2.77. The lowest BCUT2D eigenvalue weighted by Crippen LogP contribution is -2.34. The van der Waals surface area contributed by atoms with Gasteiger partial charge in [0.05, 0.1) is 5.56 Å². The van der Waals surface area contributed by atoms with Crippen LogP contribution in [-0.2, 0) is 0 Å². The van der Waals surface area contributed by atoms with Crippen LogP contribution in [0.4, 0.5) is 10.1 Å². The molecule has 3 nitrogen and oxygen atoms in total. The summed E-state index contributed by atoms with van der Waals surface area (Å²) in [5.41, 5.74) is 6.14. The Bertz CT molecular complexity index is 453. The Morgan fingerprint density at radius 2 is 2.11 bits per heavy atom. The molecule has 2 rings (SSSR count). The molecule has 1 aliphatic rings. The van der Waals surface area contributed by atoms with Crippen molar-refractivity contribution in [2.75, 3.05) is 12.3 Å². The van der Waals surface area contributed by atoms with Gasteiger partial charge in [0.25, 0.3) is 5.91 Å². The third-order valence-electron chi connectivity index (χ3n) is 3.72. The predicted octanol–water partition coefficient (Wildman–Crippen LogP) is 2.72. The largest absolute Gasteiger partial charge is 0.399 e. The molecule has 0 saturated heterocycles. The number of nitrogen functional groups attached to an aromatic ring is 1. The van der Waals surface area contributed by atoms with Gasteiger partial charge < -0.3 is 11.1 Å². The molecule has 18 heavy (non-hydrogen) atoms. The maximum atomic E-state index is 13.5. The quantitative estimate of drug-likeness (QED) is 0.810. The first-order chi connectivity index (χ1) is 8.50. The lowest BCUT2D eigenvalue weighted by atomic mass is 9.89. The first kappa shape index (κ1) is 12.9. The molecule has 1 fully saturated rings. The van der Waals surface area contributed by atoms with Crippen molar-refractivity contribution in [3.8, 4) is 0 Å². The third kappa shape index (κ3) is 2.81. The number of halogens is 1. The number of nitrogens with two attached hydrogens (primary N) is 1. The standard InChI is InChI=1S/C14H19FN2O/c1-14(6-2-3-7-14)9-17-13(18)11-8-10(16)4-5-12(11)15/h4-5,8H,2-3,6-7,9,16H2,1H3,(H,17,18). The Hall–Kier alpha value is -1.58. The second-order valence-corrected chi connectivity index (χ2v) is 5.44. The molecule has 0 radical (unpaired) electrons. The minimum atomic E-state index is -0.529. The molecule has 0 bridgehead atoms. The summed E-state index contributed by atoms with van der Waals surface area (Å²) < 4.78 is 13.5. The number of nitrogens with one attached hydrogen (secondary N) is 1. The Kier molecular flexibility index (Phi) is 3.55. The van der Waals surface area contributed by atoms with Crippen LogP contribution < -0.4 is 11.1 Å². The van der Waals surface area contributed by atoms with Gasteiger partial charge in [-0.2, -0.15) is 0 Å². The van der Waals surface area contributed by atoms with E-state index >= 15 is 0 Å². The molecule has 1 aromatic carbocycles. The number of carbonyl (C=O) groups is 1. The predicted molar refractivity (Wildman–Crippen MR) is 69.7 cm³/mol. The number of benzene rings is 1. The fourth-order valence-corrected chi connectivity index (χ4v) is 2.51. The molecule has 1 aromatic rings. The maximum Gasteiger partial charge on any atom is 0.254 e. The second kappa shape index (κ2) is 4.96. The summed E-state index contributed by atoms with van der Waals surface area (Å²) in [7, 11) is 0. The highest BCUT2D eigenvalue weighted by Crippen LogP contribution is 2.36. The van der Waals surface area contributed by atoms with Gasteiger partial charge in [-0.05, 0) is 36.5 Å². The van der Waals surface area contributed by atoms with Crippen LogP contribution >= 0.6 is 0 Å². The van der Waals surface area contributed by atoms with E-state index in [0.29, 0.717) is 12.2 Å². The van der Waals surface area contributed by atoms with Crippen LogP contribution in [-0.4, -0.2) is 12.5 Å². The first-order valence-electron chi connectivity index (χ1n) is 6.33. The van der Waals surface area contributed by atoms with E-state index in [1.54, 1.807) is 0 Å². The van der Waals surface area contributed by atoms with E-state index in [1.807, 2.05) is 0 Å². The number of rotatable bonds is 3. The minimum absolute atomic E-state index is 0.0246. The van der Waals surface area contributed by atoms with Gasteiger partial charge in [-0.3, -0.25) is 4.79 Å². The molecule has 0 spiro atoms. The molecule has 1 amide bonds. The highest BCUT2D eigenvalue weighted by Gasteiger charge is 2.29. The van der Waals surface area contributed by atoms with Crippen LogP contribution in [0.15, 0.2) is 18.2 Å². The molecule has 4 heteroatoms. The average molecular weight is 250 g/mol. The summed E-state index contributed by atoms with van der Waals surface area (Å²) in [5, 5.41) is 2.81. The van der Waals surface area contributed by atoms with Crippen LogP contribution in [0.2, 0.25) is 0 Å². The summed E-state index contributed by atoms with van der Waals surface area (Å²) in [6.07, 6.45) is 4.65. The minimum Gasteiger partial charge on any atom is -0.399 e. The normalized spacial score (nSPS) is 17.7. The maximum absolute atomic E-state index is 13.5. The molecule has 3 N–H and O–H groups in total. The molecule has 0 atom stereocenters. The monoisotopic (exact) mass is 250 g/mol. The highest BCUT2D eigenvalue weighted by molar-refractivity contribution is 5.95. The van der Waals surface area contributed by atoms with E-state index < -0.39 is 5.82 Å². The molecule has 0 aliphatic heterocycles. The van der Waals surface area contributed by atoms with Crippen molar-refractivity contribution in [1.82, 2.24) is 5.32 Å². The lowest BCUT2D eigenvalue weighted by Gasteiger charge is -2.23. The number of hydrogen-bond acceptors (Lipinski definition) is 2. The summed E-state index contributed by atoms with van der Waals surface area (Å²) in [5.74, 6) is -0.911. The van der Waals surface area contributed by atoms with Crippen LogP contribution in [0, 0.1) is 11.2 Å². The zero-order valence-electron chi connectivity index (χ0n) is 10.6. The van der Waals surface area contributed by atoms with Gasteiger partial charge in [0.1, 0.15) is 5.82 Å². The van der Waals surface area contributed by atoms with Gasteiger partial charge in [-0.15, -0.1) is 0 Å². The zero-order chi connectivity index (χ0) is 13.2. The van der Waals surface area contributed by atoms with Crippen molar-refractivity contribution in [2.24, 2.45) is 5.41 Å². The Labute approximate surface area is 107 Å². The van der Waals surface area contributed by atoms with Gasteiger partial charge in [-0.1, -0.05) is 19.8 Å². The molecule has 1 saturated carbocycles. The van der Waals surface area contributed by atoms with Gasteiger partial charge in [0.15, 0.2) is 0 Å². The Balaban J connectivity index is 2.01. The summed E-state index contributed by atoms with van der Waals surface area (Å²) in [6, 6.07) is 4.05. The van der Waals surface area contributed by atoms with Crippen molar-refractivity contribution >= 4 is 11.6 Å². The molecule has 1 aliphatic carbocycles. The van der Waals surface area contributed by atoms with Gasteiger partial charge in [-0.25, -0.2) is 4.39 Å². The van der Waals surface area contributed by atoms with E-state index in [9.17, 15) is 9.18 Å². The van der Waals surface area contributed by atoms with Gasteiger partial charge in [0, 0.05) is 12.2 Å². The van der Waals surface area contributed by atoms with E-state index in [1.165, 1.54) is 31.0 Å². The molecule has 0 aromatic heterocycles. The molecule has 0 heterocycles. The molecular weight excluding hydrogens is 231 g/mol. The van der Waals surface area contributed by atoms with E-state index in [2.05, 4.69) is 12.2 Å². The van der Waals surface area contributed by atoms with Crippen molar-refractivity contribution in [3.63, 3.8) is 0 Å². The van der Waals surface area contributed by atoms with Crippen molar-refractivity contribution in [1.29, 1.82) is 0 Å². The fourth-order valence-electron chi connectivity index (χ4n) is 2.51. The number of amides is 1.